The first kappa shape index (κ1) is 17.8. The molecule has 2 aliphatic heterocycles. The van der Waals surface area contributed by atoms with Crippen LogP contribution in [0.2, 0.25) is 0 Å². The smallest absolute Gasteiger partial charge is 0.270 e. The van der Waals surface area contributed by atoms with Gasteiger partial charge in [0.05, 0.1) is 12.1 Å². The molecule has 0 aliphatic carbocycles. The molecule has 2 aliphatic rings. The molecule has 1 aromatic carbocycles. The molecule has 4 rings (SSSR count). The molecule has 2 aromatic rings. The summed E-state index contributed by atoms with van der Waals surface area (Å²) in [5.41, 5.74) is 1.48. The van der Waals surface area contributed by atoms with Gasteiger partial charge in [-0.2, -0.15) is 0 Å². The Morgan fingerprint density at radius 3 is 2.85 bits per heavy atom. The lowest BCUT2D eigenvalue weighted by Gasteiger charge is -2.36. The number of rotatable bonds is 4. The lowest BCUT2D eigenvalue weighted by atomic mass is 10.0. The summed E-state index contributed by atoms with van der Waals surface area (Å²) >= 11 is 0. The molecular weight excluding hydrogens is 346 g/mol. The van der Waals surface area contributed by atoms with Gasteiger partial charge < -0.3 is 19.9 Å². The Hall–Kier alpha value is -2.64. The maximum absolute atomic E-state index is 12.2. The number of ether oxygens (including phenoxy) is 2. The third-order valence-electron chi connectivity index (χ3n) is 4.89. The highest BCUT2D eigenvalue weighted by Crippen LogP contribution is 2.31. The summed E-state index contributed by atoms with van der Waals surface area (Å²) in [4.78, 5) is 18.5. The minimum absolute atomic E-state index is 0.250. The van der Waals surface area contributed by atoms with Crippen LogP contribution in [0.15, 0.2) is 42.6 Å². The van der Waals surface area contributed by atoms with Gasteiger partial charge in [-0.3, -0.25) is 14.7 Å². The number of benzene rings is 1. The largest absolute Gasteiger partial charge is 0.486 e. The predicted octanol–water partition coefficient (Wildman–Crippen LogP) is 1.22. The van der Waals surface area contributed by atoms with Crippen molar-refractivity contribution < 1.29 is 19.4 Å². The van der Waals surface area contributed by atoms with E-state index in [0.29, 0.717) is 38.4 Å². The van der Waals surface area contributed by atoms with Crippen molar-refractivity contribution in [3.8, 4) is 11.5 Å². The number of carbonyl (C=O) groups is 1. The number of aliphatic hydroxyl groups excluding tert-OH is 1. The molecule has 1 aromatic heterocycles. The van der Waals surface area contributed by atoms with E-state index in [4.69, 9.17) is 9.47 Å². The van der Waals surface area contributed by atoms with Gasteiger partial charge in [-0.05, 0) is 36.2 Å². The first-order valence-corrected chi connectivity index (χ1v) is 9.20. The Bertz CT molecular complexity index is 799. The average Bonchev–Trinajstić information content (AvgIpc) is 2.70. The fraction of sp³-hybridized carbons (Fsp3) is 0.400. The number of nitrogens with zero attached hydrogens (tertiary/aromatic N) is 2. The van der Waals surface area contributed by atoms with Gasteiger partial charge in [-0.15, -0.1) is 0 Å². The van der Waals surface area contributed by atoms with Gasteiger partial charge in [0.25, 0.3) is 5.91 Å². The van der Waals surface area contributed by atoms with Crippen LogP contribution in [0.3, 0.4) is 0 Å². The zero-order chi connectivity index (χ0) is 18.6. The normalized spacial score (nSPS) is 22.3. The molecule has 7 nitrogen and oxygen atoms in total. The Morgan fingerprint density at radius 1 is 1.22 bits per heavy atom. The van der Waals surface area contributed by atoms with Gasteiger partial charge in [0.2, 0.25) is 0 Å². The Kier molecular flexibility index (Phi) is 5.22. The summed E-state index contributed by atoms with van der Waals surface area (Å²) in [5.74, 6) is 1.30. The van der Waals surface area contributed by atoms with E-state index >= 15 is 0 Å². The summed E-state index contributed by atoms with van der Waals surface area (Å²) in [6, 6.07) is 10.9. The SMILES string of the molecule is O=C(NC1CCN(Cc2ccc3c(c2)OCCO3)CC1O)c1ccccn1. The van der Waals surface area contributed by atoms with Crippen molar-refractivity contribution in [2.24, 2.45) is 0 Å². The number of hydrogen-bond donors (Lipinski definition) is 2. The number of nitrogens with one attached hydrogen (secondary N) is 1. The molecule has 0 bridgehead atoms. The van der Waals surface area contributed by atoms with Crippen LogP contribution in [0.4, 0.5) is 0 Å². The first-order valence-electron chi connectivity index (χ1n) is 9.20. The predicted molar refractivity (Wildman–Crippen MR) is 98.8 cm³/mol. The van der Waals surface area contributed by atoms with Gasteiger partial charge >= 0.3 is 0 Å². The summed E-state index contributed by atoms with van der Waals surface area (Å²) in [5, 5.41) is 13.4. The van der Waals surface area contributed by atoms with E-state index in [1.165, 1.54) is 0 Å². The summed E-state index contributed by atoms with van der Waals surface area (Å²) in [7, 11) is 0. The highest BCUT2D eigenvalue weighted by Gasteiger charge is 2.29. The second kappa shape index (κ2) is 7.94. The number of likely N-dealkylation sites (tertiary alicyclic amines) is 1. The molecule has 27 heavy (non-hydrogen) atoms. The highest BCUT2D eigenvalue weighted by molar-refractivity contribution is 5.92. The maximum atomic E-state index is 12.2. The first-order chi connectivity index (χ1) is 13.2. The van der Waals surface area contributed by atoms with Crippen LogP contribution < -0.4 is 14.8 Å². The van der Waals surface area contributed by atoms with Crippen LogP contribution in [0, 0.1) is 0 Å². The summed E-state index contributed by atoms with van der Waals surface area (Å²) < 4.78 is 11.2. The molecule has 142 valence electrons. The van der Waals surface area contributed by atoms with E-state index in [2.05, 4.69) is 15.2 Å². The van der Waals surface area contributed by atoms with Crippen molar-refractivity contribution in [3.63, 3.8) is 0 Å². The van der Waals surface area contributed by atoms with E-state index in [9.17, 15) is 9.90 Å². The fourth-order valence-corrected chi connectivity index (χ4v) is 3.49. The number of piperidine rings is 1. The second-order valence-corrected chi connectivity index (χ2v) is 6.86. The molecule has 0 saturated carbocycles. The molecule has 3 heterocycles. The lowest BCUT2D eigenvalue weighted by molar-refractivity contribution is 0.0348. The van der Waals surface area contributed by atoms with Gasteiger partial charge in [0.15, 0.2) is 11.5 Å². The number of hydrogen-bond acceptors (Lipinski definition) is 6. The summed E-state index contributed by atoms with van der Waals surface area (Å²) in [6.07, 6.45) is 1.65. The fourth-order valence-electron chi connectivity index (χ4n) is 3.49. The van der Waals surface area contributed by atoms with E-state index in [0.717, 1.165) is 23.6 Å². The lowest BCUT2D eigenvalue weighted by Crippen LogP contribution is -2.53. The van der Waals surface area contributed by atoms with Crippen molar-refractivity contribution in [3.05, 3.63) is 53.9 Å². The minimum atomic E-state index is -0.622. The zero-order valence-corrected chi connectivity index (χ0v) is 15.0. The van der Waals surface area contributed by atoms with Gasteiger partial charge in [-0.1, -0.05) is 12.1 Å². The number of pyridine rings is 1. The molecule has 2 N–H and O–H groups in total. The third-order valence-corrected chi connectivity index (χ3v) is 4.89. The summed E-state index contributed by atoms with van der Waals surface area (Å²) in [6.45, 7) is 3.15. The topological polar surface area (TPSA) is 83.9 Å². The van der Waals surface area contributed by atoms with Crippen LogP contribution in [0.1, 0.15) is 22.5 Å². The van der Waals surface area contributed by atoms with Crippen molar-refractivity contribution in [1.82, 2.24) is 15.2 Å². The van der Waals surface area contributed by atoms with Crippen molar-refractivity contribution >= 4 is 5.91 Å². The van der Waals surface area contributed by atoms with Crippen molar-refractivity contribution in [1.29, 1.82) is 0 Å². The molecule has 1 amide bonds. The maximum Gasteiger partial charge on any atom is 0.270 e. The number of carbonyl (C=O) groups excluding carboxylic acids is 1. The average molecular weight is 369 g/mol. The Morgan fingerprint density at radius 2 is 2.07 bits per heavy atom. The third kappa shape index (κ3) is 4.20. The second-order valence-electron chi connectivity index (χ2n) is 6.86. The zero-order valence-electron chi connectivity index (χ0n) is 15.0. The number of aromatic nitrogens is 1. The number of aliphatic hydroxyl groups is 1. The number of amides is 1. The Balaban J connectivity index is 1.33. The van der Waals surface area contributed by atoms with Gasteiger partial charge in [0, 0.05) is 25.8 Å². The molecule has 2 unspecified atom stereocenters. The minimum Gasteiger partial charge on any atom is -0.486 e. The molecule has 1 saturated heterocycles. The molecule has 7 heteroatoms. The van der Waals surface area contributed by atoms with Crippen LogP contribution in [-0.4, -0.2) is 59.3 Å². The van der Waals surface area contributed by atoms with E-state index in [1.807, 2.05) is 18.2 Å². The van der Waals surface area contributed by atoms with Crippen LogP contribution in [0.25, 0.3) is 0 Å². The molecule has 2 atom stereocenters. The molecular formula is C20H23N3O4. The number of β-amino-alcohol motifs (C(OH)–C–C–N with tert-alkyl or cyclic N) is 1. The molecule has 1 fully saturated rings. The highest BCUT2D eigenvalue weighted by atomic mass is 16.6. The molecule has 0 radical (unpaired) electrons. The van der Waals surface area contributed by atoms with Crippen LogP contribution >= 0.6 is 0 Å². The van der Waals surface area contributed by atoms with E-state index < -0.39 is 6.10 Å². The quantitative estimate of drug-likeness (QED) is 0.843. The Labute approximate surface area is 157 Å². The molecule has 0 spiro atoms. The van der Waals surface area contributed by atoms with E-state index in [1.54, 1.807) is 24.4 Å². The van der Waals surface area contributed by atoms with Crippen molar-refractivity contribution in [2.75, 3.05) is 26.3 Å². The van der Waals surface area contributed by atoms with Crippen molar-refractivity contribution in [2.45, 2.75) is 25.1 Å². The monoisotopic (exact) mass is 369 g/mol. The van der Waals surface area contributed by atoms with Gasteiger partial charge in [-0.25, -0.2) is 0 Å². The standard InChI is InChI=1S/C20H23N3O4/c24-17-13-23(12-14-4-5-18-19(11-14)27-10-9-26-18)8-6-15(17)22-20(25)16-3-1-2-7-21-16/h1-5,7,11,15,17,24H,6,8-10,12-13H2,(H,22,25). The van der Waals surface area contributed by atoms with E-state index in [-0.39, 0.29) is 11.9 Å². The van der Waals surface area contributed by atoms with Crippen LogP contribution in [-0.2, 0) is 6.54 Å². The van der Waals surface area contributed by atoms with Gasteiger partial charge in [0.1, 0.15) is 18.9 Å². The number of fused-ring (bicyclic) bond motifs is 1. The van der Waals surface area contributed by atoms with Crippen LogP contribution in [0.5, 0.6) is 11.5 Å².